The SMILES string of the molecule is NNC(CCC(F)(F)F)c1ccc(F)cn1. The summed E-state index contributed by atoms with van der Waals surface area (Å²) in [6, 6.07) is 1.69. The first-order chi connectivity index (χ1) is 7.42. The number of halogens is 4. The Morgan fingerprint density at radius 3 is 2.50 bits per heavy atom. The number of hydrogen-bond donors (Lipinski definition) is 2. The van der Waals surface area contributed by atoms with Crippen LogP contribution in [0.4, 0.5) is 17.6 Å². The van der Waals surface area contributed by atoms with Crippen molar-refractivity contribution in [3.8, 4) is 0 Å². The van der Waals surface area contributed by atoms with E-state index in [1.807, 2.05) is 0 Å². The first-order valence-electron chi connectivity index (χ1n) is 4.56. The van der Waals surface area contributed by atoms with Crippen LogP contribution in [0.2, 0.25) is 0 Å². The molecule has 1 unspecified atom stereocenters. The predicted molar refractivity (Wildman–Crippen MR) is 49.5 cm³/mol. The Hall–Kier alpha value is -1.21. The molecule has 0 saturated carbocycles. The molecule has 3 nitrogen and oxygen atoms in total. The Balaban J connectivity index is 2.64. The van der Waals surface area contributed by atoms with E-state index in [0.29, 0.717) is 0 Å². The molecule has 0 amide bonds. The van der Waals surface area contributed by atoms with Gasteiger partial charge in [-0.05, 0) is 18.6 Å². The summed E-state index contributed by atoms with van der Waals surface area (Å²) < 4.78 is 48.5. The molecule has 0 fully saturated rings. The van der Waals surface area contributed by atoms with Gasteiger partial charge >= 0.3 is 6.18 Å². The monoisotopic (exact) mass is 237 g/mol. The second kappa shape index (κ2) is 5.22. The Morgan fingerprint density at radius 1 is 1.38 bits per heavy atom. The normalized spacial score (nSPS) is 13.8. The van der Waals surface area contributed by atoms with Gasteiger partial charge < -0.3 is 0 Å². The van der Waals surface area contributed by atoms with Crippen LogP contribution in [0.5, 0.6) is 0 Å². The Kier molecular flexibility index (Phi) is 4.19. The Labute approximate surface area is 89.6 Å². The number of pyridine rings is 1. The van der Waals surface area contributed by atoms with E-state index in [0.717, 1.165) is 12.3 Å². The van der Waals surface area contributed by atoms with Gasteiger partial charge in [-0.1, -0.05) is 0 Å². The summed E-state index contributed by atoms with van der Waals surface area (Å²) in [4.78, 5) is 3.67. The van der Waals surface area contributed by atoms with E-state index < -0.39 is 24.5 Å². The molecule has 1 rings (SSSR count). The second-order valence-corrected chi connectivity index (χ2v) is 3.27. The van der Waals surface area contributed by atoms with Crippen molar-refractivity contribution in [3.05, 3.63) is 29.8 Å². The molecule has 1 atom stereocenters. The van der Waals surface area contributed by atoms with Crippen LogP contribution in [0, 0.1) is 5.82 Å². The molecule has 7 heteroatoms. The standard InChI is InChI=1S/C9H11F4N3/c10-6-1-2-7(15-5-6)8(16-14)3-4-9(11,12)13/h1-2,5,8,16H,3-4,14H2. The van der Waals surface area contributed by atoms with Gasteiger partial charge in [-0.15, -0.1) is 0 Å². The molecule has 3 N–H and O–H groups in total. The summed E-state index contributed by atoms with van der Waals surface area (Å²) in [5.74, 6) is 4.58. The molecule has 1 aromatic rings. The highest BCUT2D eigenvalue weighted by Crippen LogP contribution is 2.26. The molecule has 0 aliphatic carbocycles. The van der Waals surface area contributed by atoms with Crippen LogP contribution in [0.15, 0.2) is 18.3 Å². The van der Waals surface area contributed by atoms with Crippen molar-refractivity contribution >= 4 is 0 Å². The summed E-state index contributed by atoms with van der Waals surface area (Å²) in [7, 11) is 0. The highest BCUT2D eigenvalue weighted by Gasteiger charge is 2.28. The molecule has 1 aromatic heterocycles. The average molecular weight is 237 g/mol. The van der Waals surface area contributed by atoms with Crippen LogP contribution < -0.4 is 11.3 Å². The van der Waals surface area contributed by atoms with Crippen molar-refractivity contribution in [2.24, 2.45) is 5.84 Å². The zero-order chi connectivity index (χ0) is 12.2. The Morgan fingerprint density at radius 2 is 2.06 bits per heavy atom. The number of nitrogens with two attached hydrogens (primary N) is 1. The number of aromatic nitrogens is 1. The van der Waals surface area contributed by atoms with E-state index in [2.05, 4.69) is 10.4 Å². The third kappa shape index (κ3) is 4.11. The van der Waals surface area contributed by atoms with Gasteiger partial charge in [0, 0.05) is 6.42 Å². The molecule has 1 heterocycles. The topological polar surface area (TPSA) is 50.9 Å². The van der Waals surface area contributed by atoms with Crippen LogP contribution in [-0.4, -0.2) is 11.2 Å². The lowest BCUT2D eigenvalue weighted by molar-refractivity contribution is -0.136. The summed E-state index contributed by atoms with van der Waals surface area (Å²) in [5.41, 5.74) is 2.51. The van der Waals surface area contributed by atoms with Gasteiger partial charge in [-0.2, -0.15) is 13.2 Å². The average Bonchev–Trinajstić information content (AvgIpc) is 2.20. The van der Waals surface area contributed by atoms with E-state index in [4.69, 9.17) is 5.84 Å². The first kappa shape index (κ1) is 12.9. The smallest absolute Gasteiger partial charge is 0.271 e. The quantitative estimate of drug-likeness (QED) is 0.479. The van der Waals surface area contributed by atoms with Gasteiger partial charge in [0.1, 0.15) is 5.82 Å². The van der Waals surface area contributed by atoms with E-state index in [1.54, 1.807) is 0 Å². The number of rotatable bonds is 4. The summed E-state index contributed by atoms with van der Waals surface area (Å²) >= 11 is 0. The van der Waals surface area contributed by atoms with Crippen LogP contribution in [-0.2, 0) is 0 Å². The molecule has 0 bridgehead atoms. The van der Waals surface area contributed by atoms with E-state index in [1.165, 1.54) is 6.07 Å². The maximum absolute atomic E-state index is 12.5. The third-order valence-electron chi connectivity index (χ3n) is 2.02. The van der Waals surface area contributed by atoms with Crippen LogP contribution >= 0.6 is 0 Å². The number of hydrazine groups is 1. The molecule has 0 aliphatic rings. The minimum Gasteiger partial charge on any atom is -0.271 e. The zero-order valence-electron chi connectivity index (χ0n) is 8.26. The number of nitrogens with zero attached hydrogens (tertiary/aromatic N) is 1. The van der Waals surface area contributed by atoms with Crippen molar-refractivity contribution in [2.45, 2.75) is 25.1 Å². The first-order valence-corrected chi connectivity index (χ1v) is 4.56. The molecule has 0 spiro atoms. The molecule has 0 aliphatic heterocycles. The second-order valence-electron chi connectivity index (χ2n) is 3.27. The molecular weight excluding hydrogens is 226 g/mol. The van der Waals surface area contributed by atoms with Gasteiger partial charge in [0.2, 0.25) is 0 Å². The minimum atomic E-state index is -4.24. The molecule has 16 heavy (non-hydrogen) atoms. The third-order valence-corrected chi connectivity index (χ3v) is 2.02. The summed E-state index contributed by atoms with van der Waals surface area (Å²) in [6.45, 7) is 0. The molecule has 0 saturated heterocycles. The van der Waals surface area contributed by atoms with Crippen molar-refractivity contribution < 1.29 is 17.6 Å². The summed E-state index contributed by atoms with van der Waals surface area (Å²) in [6.07, 6.45) is -4.51. The predicted octanol–water partition coefficient (Wildman–Crippen LogP) is 2.07. The van der Waals surface area contributed by atoms with Crippen molar-refractivity contribution in [1.29, 1.82) is 0 Å². The lowest BCUT2D eigenvalue weighted by atomic mass is 10.1. The fourth-order valence-corrected chi connectivity index (χ4v) is 1.22. The van der Waals surface area contributed by atoms with E-state index >= 15 is 0 Å². The van der Waals surface area contributed by atoms with Crippen molar-refractivity contribution in [2.75, 3.05) is 0 Å². The van der Waals surface area contributed by atoms with Crippen LogP contribution in [0.25, 0.3) is 0 Å². The van der Waals surface area contributed by atoms with Crippen LogP contribution in [0.1, 0.15) is 24.6 Å². The highest BCUT2D eigenvalue weighted by molar-refractivity contribution is 5.09. The fourth-order valence-electron chi connectivity index (χ4n) is 1.22. The largest absolute Gasteiger partial charge is 0.389 e. The maximum atomic E-state index is 12.5. The summed E-state index contributed by atoms with van der Waals surface area (Å²) in [5, 5.41) is 0. The lowest BCUT2D eigenvalue weighted by Gasteiger charge is -2.16. The number of nitrogens with one attached hydrogen (secondary N) is 1. The maximum Gasteiger partial charge on any atom is 0.389 e. The molecule has 90 valence electrons. The Bertz CT molecular complexity index is 323. The van der Waals surface area contributed by atoms with E-state index in [9.17, 15) is 17.6 Å². The minimum absolute atomic E-state index is 0.237. The fraction of sp³-hybridized carbons (Fsp3) is 0.444. The van der Waals surface area contributed by atoms with Crippen molar-refractivity contribution in [3.63, 3.8) is 0 Å². The number of hydrogen-bond acceptors (Lipinski definition) is 3. The highest BCUT2D eigenvalue weighted by atomic mass is 19.4. The molecular formula is C9H11F4N3. The molecule has 0 radical (unpaired) electrons. The number of alkyl halides is 3. The lowest BCUT2D eigenvalue weighted by Crippen LogP contribution is -2.29. The van der Waals surface area contributed by atoms with Gasteiger partial charge in [0.15, 0.2) is 0 Å². The van der Waals surface area contributed by atoms with Crippen LogP contribution in [0.3, 0.4) is 0 Å². The van der Waals surface area contributed by atoms with Gasteiger partial charge in [0.05, 0.1) is 17.9 Å². The zero-order valence-corrected chi connectivity index (χ0v) is 8.26. The van der Waals surface area contributed by atoms with Crippen molar-refractivity contribution in [1.82, 2.24) is 10.4 Å². The van der Waals surface area contributed by atoms with Gasteiger partial charge in [0.25, 0.3) is 0 Å². The van der Waals surface area contributed by atoms with E-state index in [-0.39, 0.29) is 12.1 Å². The molecule has 0 aromatic carbocycles. The van der Waals surface area contributed by atoms with Gasteiger partial charge in [-0.3, -0.25) is 16.3 Å². The van der Waals surface area contributed by atoms with Gasteiger partial charge in [-0.25, -0.2) is 4.39 Å².